The number of carbonyl (C=O) groups is 2. The molecule has 12 nitrogen and oxygen atoms in total. The van der Waals surface area contributed by atoms with Crippen LogP contribution in [0.25, 0.3) is 4.85 Å². The van der Waals surface area contributed by atoms with Gasteiger partial charge in [0.05, 0.1) is 17.1 Å². The molecule has 4 aromatic rings. The van der Waals surface area contributed by atoms with E-state index in [-0.39, 0.29) is 24.2 Å². The number of amides is 2. The second kappa shape index (κ2) is 27.8. The molecule has 18 heteroatoms. The number of nitro benzene ring substituents is 1. The lowest BCUT2D eigenvalue weighted by Crippen LogP contribution is -2.40. The molecule has 0 unspecified atom stereocenters. The summed E-state index contributed by atoms with van der Waals surface area (Å²) in [5.74, 6) is -1.75. The second-order valence-electron chi connectivity index (χ2n) is 12.0. The number of halogens is 6. The Morgan fingerprint density at radius 3 is 1.54 bits per heavy atom. The maximum atomic E-state index is 13.0. The molecule has 4 N–H and O–H groups in total. The van der Waals surface area contributed by atoms with E-state index in [4.69, 9.17) is 6.57 Å². The van der Waals surface area contributed by atoms with Crippen LogP contribution in [0.3, 0.4) is 0 Å². The lowest BCUT2D eigenvalue weighted by molar-refractivity contribution is -0.388. The lowest BCUT2D eigenvalue weighted by atomic mass is 9.96. The number of alkyl halides is 6. The van der Waals surface area contributed by atoms with Gasteiger partial charge >= 0.3 is 12.4 Å². The minimum absolute atomic E-state index is 0.0158. The molecule has 0 aliphatic carbocycles. The molecule has 2 aromatic carbocycles. The number of nitrogens with zero attached hydrogens (tertiary/aromatic N) is 4. The van der Waals surface area contributed by atoms with Crippen LogP contribution in [0.4, 0.5) is 49.1 Å². The van der Waals surface area contributed by atoms with Crippen molar-refractivity contribution in [2.24, 2.45) is 0 Å². The van der Waals surface area contributed by atoms with Crippen molar-refractivity contribution in [3.8, 4) is 0 Å². The van der Waals surface area contributed by atoms with Crippen LogP contribution in [-0.4, -0.2) is 48.1 Å². The number of pyridine rings is 2. The van der Waals surface area contributed by atoms with E-state index >= 15 is 0 Å². The molecule has 2 heterocycles. The fourth-order valence-electron chi connectivity index (χ4n) is 4.57. The molecule has 0 bridgehead atoms. The van der Waals surface area contributed by atoms with E-state index < -0.39 is 62.8 Å². The normalized spacial score (nSPS) is 12.2. The van der Waals surface area contributed by atoms with Gasteiger partial charge in [-0.15, -0.1) is 0 Å². The van der Waals surface area contributed by atoms with Gasteiger partial charge in [-0.05, 0) is 93.1 Å². The average molecular weight is 867 g/mol. The number of anilines is 2. The summed E-state index contributed by atoms with van der Waals surface area (Å²) in [7, 11) is 0. The molecule has 2 amide bonds. The minimum atomic E-state index is -4.97. The van der Waals surface area contributed by atoms with Gasteiger partial charge in [-0.25, -0.2) is 4.85 Å². The van der Waals surface area contributed by atoms with E-state index in [0.29, 0.717) is 31.0 Å². The number of rotatable bonds is 11. The highest BCUT2D eigenvalue weighted by Crippen LogP contribution is 2.39. The molecular formula is C43H56F6N6O6. The van der Waals surface area contributed by atoms with Gasteiger partial charge in [0.25, 0.3) is 17.5 Å². The zero-order valence-electron chi connectivity index (χ0n) is 36.0. The Hall–Kier alpha value is -5.93. The van der Waals surface area contributed by atoms with Crippen molar-refractivity contribution < 1.29 is 51.1 Å². The van der Waals surface area contributed by atoms with Crippen LogP contribution in [0.2, 0.25) is 0 Å². The SMILES string of the molecule is CC.CC.CC.CC.C[C@](O)(CCc1ccncc1)C(=O)Nc1ccc([N+](=O)[O-])c(C(F)(F)F)c1.[C-]#[N+]c1ccc(NC(=O)[C@@](C)(O)CCc2cccnc2)cc1C(F)(F)F. The van der Waals surface area contributed by atoms with E-state index in [9.17, 15) is 56.3 Å². The van der Waals surface area contributed by atoms with Crippen LogP contribution in [0.5, 0.6) is 0 Å². The number of hydrogen-bond donors (Lipinski definition) is 4. The molecule has 0 radical (unpaired) electrons. The first-order valence-electron chi connectivity index (χ1n) is 19.4. The molecule has 0 saturated carbocycles. The van der Waals surface area contributed by atoms with Crippen LogP contribution in [-0.2, 0) is 34.8 Å². The number of nitro groups is 1. The summed E-state index contributed by atoms with van der Waals surface area (Å²) in [6.45, 7) is 25.3. The molecule has 2 atom stereocenters. The molecule has 0 aliphatic heterocycles. The van der Waals surface area contributed by atoms with E-state index in [1.807, 2.05) is 55.4 Å². The highest BCUT2D eigenvalue weighted by molar-refractivity contribution is 5.97. The quantitative estimate of drug-likeness (QED) is 0.0499. The number of nitrogens with one attached hydrogen (secondary N) is 2. The highest BCUT2D eigenvalue weighted by atomic mass is 19.4. The van der Waals surface area contributed by atoms with Crippen LogP contribution < -0.4 is 10.6 Å². The zero-order valence-corrected chi connectivity index (χ0v) is 36.0. The lowest BCUT2D eigenvalue weighted by Gasteiger charge is -2.22. The molecule has 4 rings (SSSR count). The summed E-state index contributed by atoms with van der Waals surface area (Å²) in [5.41, 5.74) is -6.74. The standard InChI is InChI=1S/C18H16F3N3O2.C17H16F3N3O4.4C2H6/c1-17(26,8-7-12-4-3-9-23-11-12)16(25)24-13-5-6-15(22-2)14(10-13)18(19,20)21;1-16(25,7-4-11-5-8-21-9-6-11)15(24)22-12-2-3-14(23(26)27)13(10-12)17(18,19)20;4*1-2/h3-6,9-11,26H,7-8H2,1H3,(H,24,25);2-3,5-6,8-10,25H,4,7H2,1H3,(H,22,24);4*1-2H3/t17-;16-;;;;/m00..../s1. The predicted molar refractivity (Wildman–Crippen MR) is 225 cm³/mol. The third kappa shape index (κ3) is 19.8. The maximum absolute atomic E-state index is 13.0. The van der Waals surface area contributed by atoms with Crippen LogP contribution in [0.1, 0.15) is 104 Å². The summed E-state index contributed by atoms with van der Waals surface area (Å²) in [6.07, 6.45) is -2.57. The summed E-state index contributed by atoms with van der Waals surface area (Å²) in [5, 5.41) is 35.9. The third-order valence-electron chi connectivity index (χ3n) is 7.69. The molecule has 2 aromatic heterocycles. The van der Waals surface area contributed by atoms with Gasteiger partial charge in [0.1, 0.15) is 16.8 Å². The van der Waals surface area contributed by atoms with Gasteiger partial charge < -0.3 is 20.8 Å². The molecule has 0 spiro atoms. The number of hydrogen-bond acceptors (Lipinski definition) is 8. The summed E-state index contributed by atoms with van der Waals surface area (Å²) in [4.78, 5) is 44.7. The summed E-state index contributed by atoms with van der Waals surface area (Å²) < 4.78 is 77.9. The van der Waals surface area contributed by atoms with Crippen molar-refractivity contribution in [2.45, 2.75) is 118 Å². The summed E-state index contributed by atoms with van der Waals surface area (Å²) >= 11 is 0. The molecule has 336 valence electrons. The Balaban J connectivity index is 0. The predicted octanol–water partition coefficient (Wildman–Crippen LogP) is 11.4. The minimum Gasteiger partial charge on any atom is -0.380 e. The van der Waals surface area contributed by atoms with Crippen LogP contribution in [0.15, 0.2) is 85.5 Å². The van der Waals surface area contributed by atoms with Gasteiger partial charge in [0, 0.05) is 42.2 Å². The molecule has 0 saturated heterocycles. The van der Waals surface area contributed by atoms with Crippen LogP contribution in [0, 0.1) is 16.7 Å². The number of aliphatic hydroxyl groups is 2. The van der Waals surface area contributed by atoms with Crippen molar-refractivity contribution in [3.63, 3.8) is 0 Å². The molecular weight excluding hydrogens is 810 g/mol. The summed E-state index contributed by atoms with van der Waals surface area (Å²) in [6, 6.07) is 11.9. The fourth-order valence-corrected chi connectivity index (χ4v) is 4.57. The van der Waals surface area contributed by atoms with Crippen molar-refractivity contribution in [1.29, 1.82) is 0 Å². The Kier molecular flexibility index (Phi) is 26.0. The van der Waals surface area contributed by atoms with Gasteiger partial charge in [-0.3, -0.25) is 29.7 Å². The Labute approximate surface area is 353 Å². The van der Waals surface area contributed by atoms with Crippen molar-refractivity contribution in [3.05, 3.63) is 129 Å². The second-order valence-corrected chi connectivity index (χ2v) is 12.0. The zero-order chi connectivity index (χ0) is 47.6. The van der Waals surface area contributed by atoms with Crippen molar-refractivity contribution in [2.75, 3.05) is 10.6 Å². The monoisotopic (exact) mass is 866 g/mol. The van der Waals surface area contributed by atoms with Gasteiger partial charge in [0.2, 0.25) is 0 Å². The van der Waals surface area contributed by atoms with E-state index in [1.54, 1.807) is 49.1 Å². The number of aryl methyl sites for hydroxylation is 2. The maximum Gasteiger partial charge on any atom is 0.423 e. The van der Waals surface area contributed by atoms with Gasteiger partial charge in [-0.2, -0.15) is 26.3 Å². The first-order valence-corrected chi connectivity index (χ1v) is 19.4. The molecule has 0 aliphatic rings. The number of benzene rings is 2. The molecule has 61 heavy (non-hydrogen) atoms. The smallest absolute Gasteiger partial charge is 0.380 e. The van der Waals surface area contributed by atoms with E-state index in [1.165, 1.54) is 19.9 Å². The Morgan fingerprint density at radius 2 is 1.13 bits per heavy atom. The van der Waals surface area contributed by atoms with Crippen molar-refractivity contribution in [1.82, 2.24) is 9.97 Å². The Morgan fingerprint density at radius 1 is 0.689 bits per heavy atom. The van der Waals surface area contributed by atoms with Gasteiger partial charge in [-0.1, -0.05) is 67.5 Å². The topological polar surface area (TPSA) is 172 Å². The fraction of sp³-hybridized carbons (Fsp3) is 0.419. The highest BCUT2D eigenvalue weighted by Gasteiger charge is 2.39. The average Bonchev–Trinajstić information content (AvgIpc) is 3.25. The third-order valence-corrected chi connectivity index (χ3v) is 7.69. The largest absolute Gasteiger partial charge is 0.423 e. The van der Waals surface area contributed by atoms with Gasteiger partial charge in [0.15, 0.2) is 5.69 Å². The molecule has 0 fully saturated rings. The van der Waals surface area contributed by atoms with E-state index in [2.05, 4.69) is 25.4 Å². The first-order chi connectivity index (χ1) is 28.6. The van der Waals surface area contributed by atoms with Crippen molar-refractivity contribution >= 4 is 34.6 Å². The number of carbonyl (C=O) groups excluding carboxylic acids is 2. The van der Waals surface area contributed by atoms with E-state index in [0.717, 1.165) is 23.3 Å². The number of aromatic nitrogens is 2. The Bertz CT molecular complexity index is 1950. The first kappa shape index (κ1) is 57.2. The van der Waals surface area contributed by atoms with Crippen LogP contribution >= 0.6 is 0 Å².